The van der Waals surface area contributed by atoms with Crippen LogP contribution >= 0.6 is 0 Å². The molecule has 2 aromatic carbocycles. The zero-order valence-corrected chi connectivity index (χ0v) is 17.5. The molecule has 7 nitrogen and oxygen atoms in total. The highest BCUT2D eigenvalue weighted by molar-refractivity contribution is 5.80. The fraction of sp³-hybridized carbons (Fsp3) is 0.167. The Hall–Kier alpha value is -4.00. The lowest BCUT2D eigenvalue weighted by Gasteiger charge is -2.14. The predicted molar refractivity (Wildman–Crippen MR) is 121 cm³/mol. The molecule has 5 aromatic rings. The molecule has 31 heavy (non-hydrogen) atoms. The molecule has 0 aliphatic heterocycles. The van der Waals surface area contributed by atoms with E-state index in [4.69, 9.17) is 4.98 Å². The van der Waals surface area contributed by atoms with E-state index in [1.807, 2.05) is 57.2 Å². The molecule has 154 valence electrons. The third-order valence-corrected chi connectivity index (χ3v) is 5.69. The first-order valence-corrected chi connectivity index (χ1v) is 10.1. The van der Waals surface area contributed by atoms with Crippen molar-refractivity contribution in [3.05, 3.63) is 98.3 Å². The van der Waals surface area contributed by atoms with Gasteiger partial charge in [0.15, 0.2) is 5.65 Å². The van der Waals surface area contributed by atoms with Crippen molar-refractivity contribution in [3.63, 3.8) is 0 Å². The maximum atomic E-state index is 13.0. The van der Waals surface area contributed by atoms with Crippen LogP contribution in [0.2, 0.25) is 0 Å². The highest BCUT2D eigenvalue weighted by Crippen LogP contribution is 2.25. The number of fused-ring (bicyclic) bond motifs is 2. The van der Waals surface area contributed by atoms with E-state index < -0.39 is 6.04 Å². The molecule has 0 aliphatic carbocycles. The summed E-state index contributed by atoms with van der Waals surface area (Å²) >= 11 is 0. The van der Waals surface area contributed by atoms with Crippen molar-refractivity contribution < 1.29 is 0 Å². The molecule has 3 aromatic heterocycles. The van der Waals surface area contributed by atoms with Crippen LogP contribution in [0.3, 0.4) is 0 Å². The number of benzene rings is 2. The molecule has 0 saturated carbocycles. The Kier molecular flexibility index (Phi) is 4.32. The Morgan fingerprint density at radius 1 is 1.00 bits per heavy atom. The Balaban J connectivity index is 1.66. The van der Waals surface area contributed by atoms with E-state index in [1.165, 1.54) is 15.3 Å². The third kappa shape index (κ3) is 3.06. The van der Waals surface area contributed by atoms with E-state index in [9.17, 15) is 9.59 Å². The fourth-order valence-electron chi connectivity index (χ4n) is 3.97. The summed E-state index contributed by atoms with van der Waals surface area (Å²) in [5.41, 5.74) is 4.43. The Morgan fingerprint density at radius 3 is 2.61 bits per heavy atom. The monoisotopic (exact) mass is 411 g/mol. The Bertz CT molecular complexity index is 1580. The topological polar surface area (TPSA) is 85.0 Å². The second-order valence-corrected chi connectivity index (χ2v) is 7.82. The lowest BCUT2D eigenvalue weighted by molar-refractivity contribution is 0.524. The summed E-state index contributed by atoms with van der Waals surface area (Å²) in [7, 11) is 0. The molecule has 5 rings (SSSR count). The summed E-state index contributed by atoms with van der Waals surface area (Å²) in [6.07, 6.45) is 1.66. The van der Waals surface area contributed by atoms with Crippen molar-refractivity contribution in [2.45, 2.75) is 26.8 Å². The molecule has 0 radical (unpaired) electrons. The van der Waals surface area contributed by atoms with Crippen LogP contribution in [0, 0.1) is 13.8 Å². The van der Waals surface area contributed by atoms with E-state index in [1.54, 1.807) is 12.3 Å². The van der Waals surface area contributed by atoms with E-state index in [2.05, 4.69) is 16.3 Å². The van der Waals surface area contributed by atoms with Crippen LogP contribution in [0.15, 0.2) is 70.4 Å². The second kappa shape index (κ2) is 7.05. The maximum absolute atomic E-state index is 13.0. The van der Waals surface area contributed by atoms with Crippen molar-refractivity contribution in [2.24, 2.45) is 0 Å². The number of nitrogens with zero attached hydrogens (tertiary/aromatic N) is 4. The van der Waals surface area contributed by atoms with Gasteiger partial charge in [-0.2, -0.15) is 5.10 Å². The van der Waals surface area contributed by atoms with Gasteiger partial charge in [0.05, 0.1) is 29.0 Å². The van der Waals surface area contributed by atoms with Gasteiger partial charge in [0.2, 0.25) is 0 Å². The van der Waals surface area contributed by atoms with Crippen molar-refractivity contribution in [1.29, 1.82) is 0 Å². The number of rotatable bonds is 3. The second-order valence-electron chi connectivity index (χ2n) is 7.82. The van der Waals surface area contributed by atoms with Crippen LogP contribution in [-0.2, 0) is 0 Å². The summed E-state index contributed by atoms with van der Waals surface area (Å²) < 4.78 is 2.82. The molecule has 3 heterocycles. The molecule has 0 spiro atoms. The van der Waals surface area contributed by atoms with Crippen LogP contribution in [0.4, 0.5) is 0 Å². The Labute approximate surface area is 177 Å². The number of hydrogen-bond donors (Lipinski definition) is 1. The lowest BCUT2D eigenvalue weighted by Crippen LogP contribution is -2.28. The zero-order valence-electron chi connectivity index (χ0n) is 17.5. The summed E-state index contributed by atoms with van der Waals surface area (Å²) in [5.74, 6) is 0. The SMILES string of the molecule is Cc1cccc(-c2[nH]n3c(=O)cc([C@H](C)n4ncc5ccccc5c4=O)nc3c2C)c1. The van der Waals surface area contributed by atoms with Gasteiger partial charge in [0, 0.05) is 22.6 Å². The summed E-state index contributed by atoms with van der Waals surface area (Å²) in [6, 6.07) is 16.4. The van der Waals surface area contributed by atoms with Crippen molar-refractivity contribution in [1.82, 2.24) is 24.4 Å². The number of aromatic amines is 1. The van der Waals surface area contributed by atoms with E-state index in [0.29, 0.717) is 16.7 Å². The first-order valence-electron chi connectivity index (χ1n) is 10.1. The van der Waals surface area contributed by atoms with E-state index >= 15 is 0 Å². The highest BCUT2D eigenvalue weighted by atomic mass is 16.1. The molecular weight excluding hydrogens is 390 g/mol. The molecule has 0 saturated heterocycles. The van der Waals surface area contributed by atoms with Gasteiger partial charge in [-0.1, -0.05) is 42.0 Å². The molecule has 0 aliphatic rings. The first kappa shape index (κ1) is 19.0. The average Bonchev–Trinajstić information content (AvgIpc) is 3.11. The molecule has 0 amide bonds. The summed E-state index contributed by atoms with van der Waals surface area (Å²) in [6.45, 7) is 5.79. The smallest absolute Gasteiger partial charge is 0.275 e. The van der Waals surface area contributed by atoms with Crippen LogP contribution in [0.5, 0.6) is 0 Å². The quantitative estimate of drug-likeness (QED) is 0.491. The summed E-state index contributed by atoms with van der Waals surface area (Å²) in [5, 5.41) is 8.87. The highest BCUT2D eigenvalue weighted by Gasteiger charge is 2.19. The maximum Gasteiger partial charge on any atom is 0.275 e. The van der Waals surface area contributed by atoms with Gasteiger partial charge in [0.1, 0.15) is 0 Å². The van der Waals surface area contributed by atoms with Gasteiger partial charge in [-0.15, -0.1) is 0 Å². The molecular formula is C24H21N5O2. The predicted octanol–water partition coefficient (Wildman–Crippen LogP) is 3.63. The molecule has 0 unspecified atom stereocenters. The third-order valence-electron chi connectivity index (χ3n) is 5.69. The van der Waals surface area contributed by atoms with Crippen molar-refractivity contribution in [3.8, 4) is 11.3 Å². The molecule has 0 bridgehead atoms. The zero-order chi connectivity index (χ0) is 21.7. The van der Waals surface area contributed by atoms with Gasteiger partial charge < -0.3 is 0 Å². The van der Waals surface area contributed by atoms with Gasteiger partial charge in [-0.25, -0.2) is 14.2 Å². The van der Waals surface area contributed by atoms with E-state index in [0.717, 1.165) is 27.8 Å². The van der Waals surface area contributed by atoms with Crippen molar-refractivity contribution >= 4 is 16.4 Å². The van der Waals surface area contributed by atoms with Gasteiger partial charge in [-0.3, -0.25) is 14.7 Å². The number of nitrogens with one attached hydrogen (secondary N) is 1. The summed E-state index contributed by atoms with van der Waals surface area (Å²) in [4.78, 5) is 30.6. The molecule has 0 fully saturated rings. The van der Waals surface area contributed by atoms with Crippen LogP contribution in [0.1, 0.15) is 29.8 Å². The number of hydrogen-bond acceptors (Lipinski definition) is 4. The largest absolute Gasteiger partial charge is 0.289 e. The first-order chi connectivity index (χ1) is 14.9. The van der Waals surface area contributed by atoms with Gasteiger partial charge in [-0.05, 0) is 32.9 Å². The Morgan fingerprint density at radius 2 is 1.81 bits per heavy atom. The minimum atomic E-state index is -0.494. The molecule has 1 atom stereocenters. The normalized spacial score (nSPS) is 12.5. The standard InChI is InChI=1S/C24H21N5O2/c1-14-7-6-9-17(11-14)22-15(2)23-26-20(12-21(30)29(23)27-22)16(3)28-24(31)19-10-5-4-8-18(19)13-25-28/h4-13,16,27H,1-3H3/t16-/m0/s1. The fourth-order valence-corrected chi connectivity index (χ4v) is 3.97. The van der Waals surface area contributed by atoms with Gasteiger partial charge >= 0.3 is 0 Å². The molecule has 1 N–H and O–H groups in total. The van der Waals surface area contributed by atoms with Crippen molar-refractivity contribution in [2.75, 3.05) is 0 Å². The van der Waals surface area contributed by atoms with Gasteiger partial charge in [0.25, 0.3) is 11.1 Å². The van der Waals surface area contributed by atoms with Crippen LogP contribution < -0.4 is 11.1 Å². The molecule has 7 heteroatoms. The van der Waals surface area contributed by atoms with Crippen LogP contribution in [0.25, 0.3) is 27.7 Å². The minimum Gasteiger partial charge on any atom is -0.289 e. The average molecular weight is 411 g/mol. The van der Waals surface area contributed by atoms with Crippen LogP contribution in [-0.4, -0.2) is 24.4 Å². The number of aromatic nitrogens is 5. The number of H-pyrrole nitrogens is 1. The minimum absolute atomic E-state index is 0.209. The number of aryl methyl sites for hydroxylation is 2. The van der Waals surface area contributed by atoms with E-state index in [-0.39, 0.29) is 11.1 Å². The lowest BCUT2D eigenvalue weighted by atomic mass is 10.1.